The monoisotopic (exact) mass is 493 g/mol. The van der Waals surface area contributed by atoms with Gasteiger partial charge in [-0.25, -0.2) is 5.43 Å². The van der Waals surface area contributed by atoms with Gasteiger partial charge in [0.2, 0.25) is 0 Å². The van der Waals surface area contributed by atoms with Crippen LogP contribution in [0.4, 0.5) is 13.2 Å². The molecule has 2 aromatic heterocycles. The Labute approximate surface area is 197 Å². The number of amides is 1. The standard InChI is InChI=1S/C22H22F3N5O3S/c1-12(26-27-21(33)17-10-9-16(34-17)15(31)11-29(2)3)18-20(32)19(30(4)28-18)13-5-7-14(8-6-13)22(23,24)25/h5-10,32H,11H2,1-4H3,(H,27,33)/b26-12+. The molecule has 3 rings (SSSR count). The first kappa shape index (κ1) is 25.1. The minimum absolute atomic E-state index is 0.0609. The fourth-order valence-corrected chi connectivity index (χ4v) is 3.94. The summed E-state index contributed by atoms with van der Waals surface area (Å²) in [5, 5.41) is 18.8. The van der Waals surface area contributed by atoms with Crippen LogP contribution in [-0.4, -0.2) is 57.8 Å². The predicted molar refractivity (Wildman–Crippen MR) is 122 cm³/mol. The number of rotatable bonds is 7. The molecule has 2 N–H and O–H groups in total. The van der Waals surface area contributed by atoms with Crippen molar-refractivity contribution in [3.8, 4) is 17.0 Å². The number of Topliss-reactive ketones (excluding diaryl/α,β-unsaturated/α-hetero) is 1. The van der Waals surface area contributed by atoms with Crippen molar-refractivity contribution in [2.45, 2.75) is 13.1 Å². The molecule has 0 bridgehead atoms. The molecule has 1 aromatic carbocycles. The van der Waals surface area contributed by atoms with E-state index >= 15 is 0 Å². The molecular formula is C22H22F3N5O3S. The molecule has 0 aliphatic heterocycles. The number of nitrogens with zero attached hydrogens (tertiary/aromatic N) is 4. The highest BCUT2D eigenvalue weighted by molar-refractivity contribution is 7.16. The van der Waals surface area contributed by atoms with Crippen molar-refractivity contribution >= 4 is 28.7 Å². The Morgan fingerprint density at radius 3 is 2.35 bits per heavy atom. The van der Waals surface area contributed by atoms with Crippen molar-refractivity contribution < 1.29 is 27.9 Å². The Hall–Kier alpha value is -3.51. The quantitative estimate of drug-likeness (QED) is 0.297. The van der Waals surface area contributed by atoms with Crippen LogP contribution in [0, 0.1) is 0 Å². The van der Waals surface area contributed by atoms with E-state index in [9.17, 15) is 27.9 Å². The molecule has 180 valence electrons. The van der Waals surface area contributed by atoms with Crippen molar-refractivity contribution in [1.82, 2.24) is 20.1 Å². The second-order valence-electron chi connectivity index (χ2n) is 7.71. The number of halogens is 3. The second kappa shape index (κ2) is 9.77. The fourth-order valence-electron chi connectivity index (χ4n) is 3.11. The first-order valence-corrected chi connectivity index (χ1v) is 10.8. The number of aryl methyl sites for hydroxylation is 1. The number of likely N-dealkylation sites (N-methyl/N-ethyl adjacent to an activating group) is 1. The summed E-state index contributed by atoms with van der Waals surface area (Å²) in [5.74, 6) is -0.931. The lowest BCUT2D eigenvalue weighted by Crippen LogP contribution is -2.21. The summed E-state index contributed by atoms with van der Waals surface area (Å²) in [5.41, 5.74) is 2.33. The molecular weight excluding hydrogens is 471 g/mol. The maximum absolute atomic E-state index is 12.8. The molecule has 1 amide bonds. The van der Waals surface area contributed by atoms with Crippen LogP contribution in [0.5, 0.6) is 5.75 Å². The van der Waals surface area contributed by atoms with Gasteiger partial charge in [0, 0.05) is 12.6 Å². The van der Waals surface area contributed by atoms with E-state index in [1.807, 2.05) is 0 Å². The molecule has 3 aromatic rings. The van der Waals surface area contributed by atoms with Gasteiger partial charge in [-0.1, -0.05) is 12.1 Å². The molecule has 0 spiro atoms. The van der Waals surface area contributed by atoms with Crippen LogP contribution in [-0.2, 0) is 13.2 Å². The average molecular weight is 494 g/mol. The van der Waals surface area contributed by atoms with E-state index in [2.05, 4.69) is 15.6 Å². The summed E-state index contributed by atoms with van der Waals surface area (Å²) >= 11 is 1.04. The number of ketones is 1. The Bertz CT molecular complexity index is 1240. The SMILES string of the molecule is C/C(=N\NC(=O)c1ccc(C(=O)CN(C)C)s1)c1nn(C)c(-c2ccc(C(F)(F)F)cc2)c1O. The number of aromatic nitrogens is 2. The van der Waals surface area contributed by atoms with Crippen LogP contribution < -0.4 is 5.43 Å². The van der Waals surface area contributed by atoms with Crippen LogP contribution in [0.25, 0.3) is 11.3 Å². The number of aromatic hydroxyl groups is 1. The summed E-state index contributed by atoms with van der Waals surface area (Å²) in [6.45, 7) is 1.73. The van der Waals surface area contributed by atoms with Gasteiger partial charge in [-0.05, 0) is 45.3 Å². The maximum Gasteiger partial charge on any atom is 0.416 e. The fraction of sp³-hybridized carbons (Fsp3) is 0.273. The zero-order chi connectivity index (χ0) is 25.2. The summed E-state index contributed by atoms with van der Waals surface area (Å²) in [4.78, 5) is 27.0. The zero-order valence-corrected chi connectivity index (χ0v) is 19.6. The van der Waals surface area contributed by atoms with E-state index < -0.39 is 17.6 Å². The van der Waals surface area contributed by atoms with Crippen molar-refractivity contribution in [1.29, 1.82) is 0 Å². The molecule has 8 nitrogen and oxygen atoms in total. The van der Waals surface area contributed by atoms with Crippen molar-refractivity contribution in [3.05, 3.63) is 57.4 Å². The smallest absolute Gasteiger partial charge is 0.416 e. The Morgan fingerprint density at radius 2 is 1.76 bits per heavy atom. The Morgan fingerprint density at radius 1 is 1.15 bits per heavy atom. The number of alkyl halides is 3. The van der Waals surface area contributed by atoms with E-state index in [0.29, 0.717) is 10.4 Å². The molecule has 0 atom stereocenters. The van der Waals surface area contributed by atoms with E-state index in [1.165, 1.54) is 36.9 Å². The first-order chi connectivity index (χ1) is 15.9. The lowest BCUT2D eigenvalue weighted by molar-refractivity contribution is -0.137. The third-order valence-corrected chi connectivity index (χ3v) is 5.87. The molecule has 34 heavy (non-hydrogen) atoms. The number of carbonyl (C=O) groups is 2. The van der Waals surface area contributed by atoms with Crippen LogP contribution in [0.15, 0.2) is 41.5 Å². The summed E-state index contributed by atoms with van der Waals surface area (Å²) in [7, 11) is 5.07. The maximum atomic E-state index is 12.8. The molecule has 0 saturated heterocycles. The van der Waals surface area contributed by atoms with Gasteiger partial charge < -0.3 is 10.0 Å². The van der Waals surface area contributed by atoms with E-state index in [-0.39, 0.29) is 40.1 Å². The van der Waals surface area contributed by atoms with Crippen molar-refractivity contribution in [2.24, 2.45) is 12.1 Å². The number of benzene rings is 1. The normalized spacial score (nSPS) is 12.3. The highest BCUT2D eigenvalue weighted by Crippen LogP contribution is 2.35. The number of carbonyl (C=O) groups excluding carboxylic acids is 2. The first-order valence-electron chi connectivity index (χ1n) is 9.94. The van der Waals surface area contributed by atoms with E-state index in [4.69, 9.17) is 0 Å². The van der Waals surface area contributed by atoms with Gasteiger partial charge in [0.05, 0.1) is 27.6 Å². The molecule has 0 unspecified atom stereocenters. The second-order valence-corrected chi connectivity index (χ2v) is 8.79. The van der Waals surface area contributed by atoms with Crippen molar-refractivity contribution in [3.63, 3.8) is 0 Å². The Kier molecular flexibility index (Phi) is 7.22. The number of nitrogens with one attached hydrogen (secondary N) is 1. The molecule has 0 saturated carbocycles. The van der Waals surface area contributed by atoms with E-state index in [0.717, 1.165) is 23.5 Å². The molecule has 0 aliphatic rings. The van der Waals surface area contributed by atoms with Gasteiger partial charge in [-0.2, -0.15) is 23.4 Å². The summed E-state index contributed by atoms with van der Waals surface area (Å²) in [6.07, 6.45) is -4.47. The molecule has 2 heterocycles. The van der Waals surface area contributed by atoms with Gasteiger partial charge in [0.1, 0.15) is 5.69 Å². The molecule has 0 fully saturated rings. The third-order valence-electron chi connectivity index (χ3n) is 4.74. The summed E-state index contributed by atoms with van der Waals surface area (Å²) in [6, 6.07) is 7.41. The van der Waals surface area contributed by atoms with Crippen LogP contribution in [0.2, 0.25) is 0 Å². The van der Waals surface area contributed by atoms with Crippen molar-refractivity contribution in [2.75, 3.05) is 20.6 Å². The number of hydrogen-bond acceptors (Lipinski definition) is 7. The van der Waals surface area contributed by atoms with Crippen LogP contribution >= 0.6 is 11.3 Å². The number of hydrazone groups is 1. The van der Waals surface area contributed by atoms with Gasteiger partial charge in [0.25, 0.3) is 5.91 Å². The third kappa shape index (κ3) is 5.51. The number of thiophene rings is 1. The zero-order valence-electron chi connectivity index (χ0n) is 18.8. The highest BCUT2D eigenvalue weighted by atomic mass is 32.1. The highest BCUT2D eigenvalue weighted by Gasteiger charge is 2.30. The Balaban J connectivity index is 1.77. The topological polar surface area (TPSA) is 99.8 Å². The molecule has 12 heteroatoms. The molecule has 0 radical (unpaired) electrons. The minimum atomic E-state index is -4.47. The van der Waals surface area contributed by atoms with Gasteiger partial charge >= 0.3 is 6.18 Å². The van der Waals surface area contributed by atoms with E-state index in [1.54, 1.807) is 25.1 Å². The van der Waals surface area contributed by atoms with Gasteiger partial charge in [-0.3, -0.25) is 14.3 Å². The van der Waals surface area contributed by atoms with Crippen LogP contribution in [0.3, 0.4) is 0 Å². The number of hydrogen-bond donors (Lipinski definition) is 2. The lowest BCUT2D eigenvalue weighted by Gasteiger charge is -2.08. The molecule has 0 aliphatic carbocycles. The minimum Gasteiger partial charge on any atom is -0.504 e. The predicted octanol–water partition coefficient (Wildman–Crippen LogP) is 3.77. The largest absolute Gasteiger partial charge is 0.504 e. The van der Waals surface area contributed by atoms with Crippen LogP contribution in [0.1, 0.15) is 37.5 Å². The van der Waals surface area contributed by atoms with Gasteiger partial charge in [0.15, 0.2) is 17.2 Å². The summed E-state index contributed by atoms with van der Waals surface area (Å²) < 4.78 is 39.8. The average Bonchev–Trinajstić information content (AvgIpc) is 3.36. The van der Waals surface area contributed by atoms with Gasteiger partial charge in [-0.15, -0.1) is 11.3 Å². The lowest BCUT2D eigenvalue weighted by atomic mass is 10.1.